The summed E-state index contributed by atoms with van der Waals surface area (Å²) in [6.07, 6.45) is 0. The van der Waals surface area contributed by atoms with E-state index in [4.69, 9.17) is 9.05 Å². The van der Waals surface area contributed by atoms with Crippen LogP contribution < -0.4 is 0 Å². The van der Waals surface area contributed by atoms with Gasteiger partial charge in [0, 0.05) is 26.3 Å². The van der Waals surface area contributed by atoms with E-state index in [1.165, 1.54) is 25.6 Å². The van der Waals surface area contributed by atoms with Crippen molar-refractivity contribution >= 4 is 42.1 Å². The third-order valence-electron chi connectivity index (χ3n) is 1.15. The Labute approximate surface area is 105 Å². The zero-order valence-corrected chi connectivity index (χ0v) is 12.0. The molecule has 0 spiro atoms. The molecule has 7 heteroatoms. The lowest BCUT2D eigenvalue weighted by Gasteiger charge is -2.13. The first-order chi connectivity index (χ1) is 7.41. The Morgan fingerprint density at radius 2 is 1.94 bits per heavy atom. The van der Waals surface area contributed by atoms with Crippen molar-refractivity contribution in [3.63, 3.8) is 0 Å². The average molecular weight is 282 g/mol. The lowest BCUT2D eigenvalue weighted by molar-refractivity contribution is -0.109. The molecule has 0 aliphatic carbocycles. The second kappa shape index (κ2) is 9.05. The summed E-state index contributed by atoms with van der Waals surface area (Å²) >= 11 is 2.16. The van der Waals surface area contributed by atoms with Gasteiger partial charge in [-0.1, -0.05) is 11.8 Å². The van der Waals surface area contributed by atoms with E-state index in [2.05, 4.69) is 6.58 Å². The Kier molecular flexibility index (Phi) is 9.03. The van der Waals surface area contributed by atoms with E-state index in [1.54, 1.807) is 6.66 Å². The van der Waals surface area contributed by atoms with E-state index in [-0.39, 0.29) is 10.2 Å². The maximum absolute atomic E-state index is 10.7. The molecule has 1 atom stereocenters. The fourth-order valence-corrected chi connectivity index (χ4v) is 2.75. The summed E-state index contributed by atoms with van der Waals surface area (Å²) in [6.45, 7) is 8.78. The van der Waals surface area contributed by atoms with E-state index in [0.29, 0.717) is 17.5 Å². The summed E-state index contributed by atoms with van der Waals surface area (Å²) in [4.78, 5) is 21.3. The first-order valence-electron chi connectivity index (χ1n) is 4.47. The van der Waals surface area contributed by atoms with Gasteiger partial charge in [0.15, 0.2) is 15.3 Å². The number of hydrogen-bond acceptors (Lipinski definition) is 6. The molecular weight excluding hydrogens is 267 g/mol. The molecular formula is C9H15O4PS2. The van der Waals surface area contributed by atoms with E-state index in [9.17, 15) is 9.59 Å². The lowest BCUT2D eigenvalue weighted by Crippen LogP contribution is -1.97. The Morgan fingerprint density at radius 3 is 2.44 bits per heavy atom. The zero-order valence-electron chi connectivity index (χ0n) is 9.52. The minimum absolute atomic E-state index is 0.0689. The molecule has 0 bridgehead atoms. The third-order valence-corrected chi connectivity index (χ3v) is 3.67. The summed E-state index contributed by atoms with van der Waals surface area (Å²) in [5.74, 6) is 0.609. The van der Waals surface area contributed by atoms with Crippen LogP contribution in [0.2, 0.25) is 0 Å². The molecule has 1 unspecified atom stereocenters. The van der Waals surface area contributed by atoms with Crippen LogP contribution in [0.5, 0.6) is 0 Å². The van der Waals surface area contributed by atoms with Crippen molar-refractivity contribution in [3.8, 4) is 0 Å². The van der Waals surface area contributed by atoms with Gasteiger partial charge in [-0.3, -0.25) is 9.59 Å². The summed E-state index contributed by atoms with van der Waals surface area (Å²) in [6, 6.07) is 0. The van der Waals surface area contributed by atoms with Gasteiger partial charge in [-0.25, -0.2) is 0 Å². The Balaban J connectivity index is 3.57. The third kappa shape index (κ3) is 10.5. The van der Waals surface area contributed by atoms with Crippen LogP contribution in [0.25, 0.3) is 0 Å². The number of carbonyl (C=O) groups excluding carboxylic acids is 2. The van der Waals surface area contributed by atoms with Gasteiger partial charge in [0.05, 0.1) is 6.61 Å². The van der Waals surface area contributed by atoms with Crippen molar-refractivity contribution in [2.24, 2.45) is 0 Å². The molecule has 4 nitrogen and oxygen atoms in total. The molecule has 16 heavy (non-hydrogen) atoms. The van der Waals surface area contributed by atoms with Gasteiger partial charge in [-0.05, 0) is 18.3 Å². The Bertz CT molecular complexity index is 270. The van der Waals surface area contributed by atoms with Gasteiger partial charge in [0.2, 0.25) is 8.38 Å². The van der Waals surface area contributed by atoms with Gasteiger partial charge in [-0.15, -0.1) is 0 Å². The molecule has 0 aromatic heterocycles. The molecule has 0 N–H and O–H groups in total. The molecule has 0 aromatic rings. The van der Waals surface area contributed by atoms with E-state index < -0.39 is 8.38 Å². The standard InChI is InChI=1S/C9H15O4PS2/c1-7(10)15-6-5-12-14(4)13-9(3)16-8(2)11/h3,5-6H2,1-2,4H3. The van der Waals surface area contributed by atoms with E-state index in [0.717, 1.165) is 11.8 Å². The van der Waals surface area contributed by atoms with Gasteiger partial charge in [0.25, 0.3) is 0 Å². The van der Waals surface area contributed by atoms with E-state index in [1.807, 2.05) is 0 Å². The van der Waals surface area contributed by atoms with Crippen molar-refractivity contribution < 1.29 is 18.6 Å². The molecule has 0 aromatic carbocycles. The van der Waals surface area contributed by atoms with Gasteiger partial charge < -0.3 is 9.05 Å². The highest BCUT2D eigenvalue weighted by Crippen LogP contribution is 2.39. The molecule has 0 rings (SSSR count). The fraction of sp³-hybridized carbons (Fsp3) is 0.556. The fourth-order valence-electron chi connectivity index (χ4n) is 0.700. The number of rotatable bonds is 7. The topological polar surface area (TPSA) is 52.6 Å². The molecule has 0 aliphatic rings. The number of hydrogen-bond donors (Lipinski definition) is 0. The van der Waals surface area contributed by atoms with Crippen LogP contribution >= 0.6 is 31.9 Å². The van der Waals surface area contributed by atoms with Crippen molar-refractivity contribution in [3.05, 3.63) is 11.7 Å². The highest BCUT2D eigenvalue weighted by atomic mass is 32.2. The maximum Gasteiger partial charge on any atom is 0.227 e. The van der Waals surface area contributed by atoms with Crippen molar-refractivity contribution in [1.29, 1.82) is 0 Å². The quantitative estimate of drug-likeness (QED) is 0.406. The molecule has 0 fully saturated rings. The smallest absolute Gasteiger partial charge is 0.227 e. The second-order valence-corrected chi connectivity index (χ2v) is 6.50. The zero-order chi connectivity index (χ0) is 12.6. The van der Waals surface area contributed by atoms with Crippen LogP contribution in [0.1, 0.15) is 13.8 Å². The summed E-state index contributed by atoms with van der Waals surface area (Å²) in [5.41, 5.74) is 0. The Morgan fingerprint density at radius 1 is 1.31 bits per heavy atom. The Hall–Kier alpha value is -0.0300. The van der Waals surface area contributed by atoms with Crippen LogP contribution in [0.15, 0.2) is 11.7 Å². The molecule has 0 saturated carbocycles. The summed E-state index contributed by atoms with van der Waals surface area (Å²) in [5, 5.41) is 0.349. The van der Waals surface area contributed by atoms with Crippen LogP contribution in [0.3, 0.4) is 0 Å². The van der Waals surface area contributed by atoms with Crippen LogP contribution in [0.4, 0.5) is 0 Å². The normalized spacial score (nSPS) is 11.9. The highest BCUT2D eigenvalue weighted by Gasteiger charge is 2.08. The summed E-state index contributed by atoms with van der Waals surface area (Å²) < 4.78 is 10.6. The summed E-state index contributed by atoms with van der Waals surface area (Å²) in [7, 11) is -1.08. The molecule has 92 valence electrons. The minimum atomic E-state index is -1.08. The predicted octanol–water partition coefficient (Wildman–Crippen LogP) is 2.99. The van der Waals surface area contributed by atoms with Gasteiger partial charge >= 0.3 is 0 Å². The molecule has 0 amide bonds. The molecule has 0 saturated heterocycles. The molecule has 0 heterocycles. The second-order valence-electron chi connectivity index (χ2n) is 2.67. The first kappa shape index (κ1) is 16.0. The average Bonchev–Trinajstić information content (AvgIpc) is 2.10. The van der Waals surface area contributed by atoms with Crippen LogP contribution in [-0.2, 0) is 18.6 Å². The predicted molar refractivity (Wildman–Crippen MR) is 70.4 cm³/mol. The van der Waals surface area contributed by atoms with Crippen molar-refractivity contribution in [2.45, 2.75) is 13.8 Å². The molecule has 0 aliphatic heterocycles. The van der Waals surface area contributed by atoms with Crippen molar-refractivity contribution in [1.82, 2.24) is 0 Å². The van der Waals surface area contributed by atoms with Crippen LogP contribution in [-0.4, -0.2) is 29.3 Å². The minimum Gasteiger partial charge on any atom is -0.441 e. The van der Waals surface area contributed by atoms with Gasteiger partial charge in [0.1, 0.15) is 0 Å². The monoisotopic (exact) mass is 282 g/mol. The number of thioether (sulfide) groups is 2. The van der Waals surface area contributed by atoms with E-state index >= 15 is 0 Å². The van der Waals surface area contributed by atoms with Crippen LogP contribution in [0, 0.1) is 0 Å². The SMILES string of the molecule is C=C(OP(C)OCCSC(C)=O)SC(C)=O. The molecule has 0 radical (unpaired) electrons. The van der Waals surface area contributed by atoms with Crippen molar-refractivity contribution in [2.75, 3.05) is 19.0 Å². The first-order valence-corrected chi connectivity index (χ1v) is 7.89. The maximum atomic E-state index is 10.7. The number of carbonyl (C=O) groups is 2. The largest absolute Gasteiger partial charge is 0.441 e. The lowest BCUT2D eigenvalue weighted by atomic mass is 10.9. The van der Waals surface area contributed by atoms with Gasteiger partial charge in [-0.2, -0.15) is 0 Å². The highest BCUT2D eigenvalue weighted by molar-refractivity contribution is 8.16.